The SMILES string of the molecule is CN(C(=O)NCC1CN(C(=O)c2ccc(Cl)c(Cl)c2)CCO1)c1ccc(F)cc1. The zero-order valence-electron chi connectivity index (χ0n) is 15.7. The van der Waals surface area contributed by atoms with E-state index in [1.54, 1.807) is 24.1 Å². The fraction of sp³-hybridized carbons (Fsp3) is 0.300. The molecule has 2 aromatic rings. The lowest BCUT2D eigenvalue weighted by atomic mass is 10.1. The molecule has 0 bridgehead atoms. The van der Waals surface area contributed by atoms with Gasteiger partial charge in [0.25, 0.3) is 5.91 Å². The quantitative estimate of drug-likeness (QED) is 0.787. The first-order chi connectivity index (χ1) is 13.8. The summed E-state index contributed by atoms with van der Waals surface area (Å²) in [6, 6.07) is 10.0. The summed E-state index contributed by atoms with van der Waals surface area (Å²) in [5.41, 5.74) is 1.00. The molecular weight excluding hydrogens is 420 g/mol. The molecule has 1 aliphatic rings. The summed E-state index contributed by atoms with van der Waals surface area (Å²) >= 11 is 11.9. The predicted molar refractivity (Wildman–Crippen MR) is 110 cm³/mol. The molecule has 154 valence electrons. The Hall–Kier alpha value is -2.35. The number of nitrogens with one attached hydrogen (secondary N) is 1. The van der Waals surface area contributed by atoms with Gasteiger partial charge in [0, 0.05) is 37.9 Å². The Bertz CT molecular complexity index is 895. The van der Waals surface area contributed by atoms with Crippen molar-refractivity contribution in [2.75, 3.05) is 38.2 Å². The van der Waals surface area contributed by atoms with Crippen LogP contribution in [0, 0.1) is 5.82 Å². The number of carbonyl (C=O) groups is 2. The normalized spacial score (nSPS) is 16.4. The summed E-state index contributed by atoms with van der Waals surface area (Å²) < 4.78 is 18.7. The van der Waals surface area contributed by atoms with Gasteiger partial charge in [-0.2, -0.15) is 0 Å². The van der Waals surface area contributed by atoms with Crippen molar-refractivity contribution in [1.29, 1.82) is 0 Å². The molecule has 2 aromatic carbocycles. The van der Waals surface area contributed by atoms with Gasteiger partial charge in [-0.15, -0.1) is 0 Å². The number of urea groups is 1. The standard InChI is InChI=1S/C20H20Cl2FN3O3/c1-25(15-5-3-14(23)4-6-15)20(28)24-11-16-12-26(8-9-29-16)19(27)13-2-7-17(21)18(22)10-13/h2-7,10,16H,8-9,11-12H2,1H3,(H,24,28). The fourth-order valence-electron chi connectivity index (χ4n) is 2.94. The van der Waals surface area contributed by atoms with Crippen LogP contribution in [0.4, 0.5) is 14.9 Å². The van der Waals surface area contributed by atoms with Crippen LogP contribution >= 0.6 is 23.2 Å². The molecule has 1 saturated heterocycles. The van der Waals surface area contributed by atoms with Crippen molar-refractivity contribution in [3.05, 3.63) is 63.9 Å². The van der Waals surface area contributed by atoms with E-state index in [0.717, 1.165) is 0 Å². The lowest BCUT2D eigenvalue weighted by molar-refractivity contribution is -0.0191. The zero-order chi connectivity index (χ0) is 21.0. The average Bonchev–Trinajstić information content (AvgIpc) is 2.73. The van der Waals surface area contributed by atoms with Gasteiger partial charge in [0.1, 0.15) is 5.82 Å². The second-order valence-electron chi connectivity index (χ2n) is 6.59. The lowest BCUT2D eigenvalue weighted by Crippen LogP contribution is -2.51. The van der Waals surface area contributed by atoms with Crippen molar-refractivity contribution in [1.82, 2.24) is 10.2 Å². The first-order valence-electron chi connectivity index (χ1n) is 8.98. The van der Waals surface area contributed by atoms with E-state index in [1.165, 1.54) is 35.2 Å². The highest BCUT2D eigenvalue weighted by molar-refractivity contribution is 6.42. The van der Waals surface area contributed by atoms with Crippen molar-refractivity contribution < 1.29 is 18.7 Å². The van der Waals surface area contributed by atoms with Gasteiger partial charge >= 0.3 is 6.03 Å². The minimum Gasteiger partial charge on any atom is -0.373 e. The number of rotatable bonds is 4. The van der Waals surface area contributed by atoms with E-state index >= 15 is 0 Å². The van der Waals surface area contributed by atoms with E-state index < -0.39 is 0 Å². The molecule has 0 aliphatic carbocycles. The smallest absolute Gasteiger partial charge is 0.321 e. The first-order valence-corrected chi connectivity index (χ1v) is 9.74. The van der Waals surface area contributed by atoms with E-state index in [4.69, 9.17) is 27.9 Å². The van der Waals surface area contributed by atoms with Gasteiger partial charge in [-0.25, -0.2) is 9.18 Å². The zero-order valence-corrected chi connectivity index (χ0v) is 17.2. The number of hydrogen-bond acceptors (Lipinski definition) is 3. The number of benzene rings is 2. The van der Waals surface area contributed by atoms with Crippen molar-refractivity contribution >= 4 is 40.8 Å². The number of morpholine rings is 1. The molecule has 3 rings (SSSR count). The van der Waals surface area contributed by atoms with Crippen LogP contribution in [0.15, 0.2) is 42.5 Å². The number of hydrogen-bond donors (Lipinski definition) is 1. The fourth-order valence-corrected chi connectivity index (χ4v) is 3.24. The highest BCUT2D eigenvalue weighted by atomic mass is 35.5. The molecular formula is C20H20Cl2FN3O3. The predicted octanol–water partition coefficient (Wildman–Crippen LogP) is 3.82. The number of anilines is 1. The Kier molecular flexibility index (Phi) is 6.95. The van der Waals surface area contributed by atoms with E-state index in [-0.39, 0.29) is 30.4 Å². The Balaban J connectivity index is 1.55. The first kappa shape index (κ1) is 21.4. The van der Waals surface area contributed by atoms with Gasteiger partial charge in [-0.3, -0.25) is 9.69 Å². The third kappa shape index (κ3) is 5.38. The van der Waals surface area contributed by atoms with E-state index in [2.05, 4.69) is 5.32 Å². The number of carbonyl (C=O) groups excluding carboxylic acids is 2. The Morgan fingerprint density at radius 2 is 1.93 bits per heavy atom. The molecule has 1 fully saturated rings. The van der Waals surface area contributed by atoms with Crippen LogP contribution < -0.4 is 10.2 Å². The summed E-state index contributed by atoms with van der Waals surface area (Å²) in [4.78, 5) is 28.1. The molecule has 1 unspecified atom stereocenters. The molecule has 1 N–H and O–H groups in total. The number of nitrogens with zero attached hydrogens (tertiary/aromatic N) is 2. The van der Waals surface area contributed by atoms with Gasteiger partial charge in [-0.1, -0.05) is 23.2 Å². The summed E-state index contributed by atoms with van der Waals surface area (Å²) in [5, 5.41) is 3.48. The van der Waals surface area contributed by atoms with E-state index in [1.807, 2.05) is 0 Å². The molecule has 0 spiro atoms. The Morgan fingerprint density at radius 3 is 2.62 bits per heavy atom. The highest BCUT2D eigenvalue weighted by Crippen LogP contribution is 2.23. The molecule has 3 amide bonds. The molecule has 1 heterocycles. The van der Waals surface area contributed by atoms with E-state index in [9.17, 15) is 14.0 Å². The van der Waals surface area contributed by atoms with Crippen molar-refractivity contribution in [2.24, 2.45) is 0 Å². The second-order valence-corrected chi connectivity index (χ2v) is 7.41. The van der Waals surface area contributed by atoms with Gasteiger partial charge < -0.3 is 15.0 Å². The van der Waals surface area contributed by atoms with Crippen LogP contribution in [0.2, 0.25) is 10.0 Å². The van der Waals surface area contributed by atoms with Crippen molar-refractivity contribution in [3.63, 3.8) is 0 Å². The summed E-state index contributed by atoms with van der Waals surface area (Å²) in [6.45, 7) is 1.37. The van der Waals surface area contributed by atoms with Crippen LogP contribution in [-0.2, 0) is 4.74 Å². The molecule has 0 saturated carbocycles. The maximum Gasteiger partial charge on any atom is 0.321 e. The molecule has 29 heavy (non-hydrogen) atoms. The number of amides is 3. The Morgan fingerprint density at radius 1 is 1.21 bits per heavy atom. The molecule has 0 aromatic heterocycles. The number of ether oxygens (including phenoxy) is 1. The topological polar surface area (TPSA) is 61.9 Å². The average molecular weight is 440 g/mol. The van der Waals surface area contributed by atoms with Gasteiger partial charge in [-0.05, 0) is 42.5 Å². The maximum atomic E-state index is 13.0. The number of halogens is 3. The van der Waals surface area contributed by atoms with Gasteiger partial charge in [0.2, 0.25) is 0 Å². The van der Waals surface area contributed by atoms with Crippen LogP contribution in [0.25, 0.3) is 0 Å². The van der Waals surface area contributed by atoms with Crippen molar-refractivity contribution in [2.45, 2.75) is 6.10 Å². The molecule has 9 heteroatoms. The summed E-state index contributed by atoms with van der Waals surface area (Å²) in [6.07, 6.45) is -0.346. The second kappa shape index (κ2) is 9.43. The third-order valence-electron chi connectivity index (χ3n) is 4.59. The van der Waals surface area contributed by atoms with Crippen molar-refractivity contribution in [3.8, 4) is 0 Å². The van der Waals surface area contributed by atoms with Gasteiger partial charge in [0.05, 0.1) is 22.8 Å². The summed E-state index contributed by atoms with van der Waals surface area (Å²) in [7, 11) is 1.59. The lowest BCUT2D eigenvalue weighted by Gasteiger charge is -2.33. The summed E-state index contributed by atoms with van der Waals surface area (Å²) in [5.74, 6) is -0.545. The monoisotopic (exact) mass is 439 g/mol. The van der Waals surface area contributed by atoms with Crippen LogP contribution in [0.1, 0.15) is 10.4 Å². The molecule has 6 nitrogen and oxygen atoms in total. The highest BCUT2D eigenvalue weighted by Gasteiger charge is 2.26. The van der Waals surface area contributed by atoms with Crippen LogP contribution in [0.3, 0.4) is 0 Å². The minimum absolute atomic E-state index is 0.174. The van der Waals surface area contributed by atoms with Gasteiger partial charge in [0.15, 0.2) is 0 Å². The minimum atomic E-state index is -0.370. The molecule has 1 aliphatic heterocycles. The molecule has 0 radical (unpaired) electrons. The van der Waals surface area contributed by atoms with Crippen LogP contribution in [0.5, 0.6) is 0 Å². The van der Waals surface area contributed by atoms with Crippen LogP contribution in [-0.4, -0.2) is 56.2 Å². The third-order valence-corrected chi connectivity index (χ3v) is 5.33. The largest absolute Gasteiger partial charge is 0.373 e. The van der Waals surface area contributed by atoms with E-state index in [0.29, 0.717) is 41.0 Å². The maximum absolute atomic E-state index is 13.0. The molecule has 1 atom stereocenters. The Labute approximate surface area is 178 Å².